The van der Waals surface area contributed by atoms with Gasteiger partial charge in [0.2, 0.25) is 17.7 Å². The van der Waals surface area contributed by atoms with Crippen LogP contribution in [0.2, 0.25) is 0 Å². The molecule has 4 rings (SSSR count). The lowest BCUT2D eigenvalue weighted by Gasteiger charge is -2.37. The zero-order valence-corrected chi connectivity index (χ0v) is 23.3. The fourth-order valence-electron chi connectivity index (χ4n) is 4.71. The van der Waals surface area contributed by atoms with Gasteiger partial charge in [0.1, 0.15) is 24.2 Å². The Balaban J connectivity index is 1.39. The molecule has 0 aromatic heterocycles. The number of carbonyl (C=O) groups is 3. The van der Waals surface area contributed by atoms with Crippen molar-refractivity contribution in [3.8, 4) is 5.75 Å². The summed E-state index contributed by atoms with van der Waals surface area (Å²) in [5, 5.41) is 2.90. The van der Waals surface area contributed by atoms with Crippen LogP contribution in [0.3, 0.4) is 0 Å². The lowest BCUT2D eigenvalue weighted by Crippen LogP contribution is -2.55. The smallest absolute Gasteiger partial charge is 0.245 e. The molecule has 8 nitrogen and oxygen atoms in total. The van der Waals surface area contributed by atoms with Gasteiger partial charge in [-0.3, -0.25) is 14.4 Å². The monoisotopic (exact) mass is 560 g/mol. The molecule has 0 aliphatic carbocycles. The molecular formula is C32H37FN4O4. The largest absolute Gasteiger partial charge is 0.489 e. The van der Waals surface area contributed by atoms with Crippen LogP contribution in [0.1, 0.15) is 30.9 Å². The van der Waals surface area contributed by atoms with Crippen LogP contribution >= 0.6 is 0 Å². The van der Waals surface area contributed by atoms with Crippen molar-refractivity contribution in [2.45, 2.75) is 38.8 Å². The summed E-state index contributed by atoms with van der Waals surface area (Å²) in [5.41, 5.74) is 8.18. The molecular weight excluding hydrogens is 523 g/mol. The molecule has 0 bridgehead atoms. The number of carbonyl (C=O) groups excluding carboxylic acids is 3. The van der Waals surface area contributed by atoms with E-state index in [9.17, 15) is 18.8 Å². The number of benzene rings is 3. The van der Waals surface area contributed by atoms with E-state index in [4.69, 9.17) is 10.5 Å². The quantitative estimate of drug-likeness (QED) is 0.352. The number of nitrogens with two attached hydrogens (primary N) is 1. The van der Waals surface area contributed by atoms with E-state index in [0.717, 1.165) is 16.8 Å². The summed E-state index contributed by atoms with van der Waals surface area (Å²) in [4.78, 5) is 41.7. The highest BCUT2D eigenvalue weighted by Gasteiger charge is 2.29. The molecule has 1 aliphatic heterocycles. The fraction of sp³-hybridized carbons (Fsp3) is 0.344. The molecule has 1 heterocycles. The minimum atomic E-state index is -0.764. The third kappa shape index (κ3) is 8.79. The average Bonchev–Trinajstić information content (AvgIpc) is 2.99. The lowest BCUT2D eigenvalue weighted by atomic mass is 10.0. The highest BCUT2D eigenvalue weighted by Crippen LogP contribution is 2.19. The van der Waals surface area contributed by atoms with Crippen molar-refractivity contribution in [3.05, 3.63) is 95.8 Å². The third-order valence-corrected chi connectivity index (χ3v) is 7.32. The zero-order valence-electron chi connectivity index (χ0n) is 23.3. The normalized spacial score (nSPS) is 14.7. The Morgan fingerprint density at radius 3 is 2.20 bits per heavy atom. The standard InChI is InChI=1S/C32H37FN4O4/c1-23(31(34)39)7-16-30(38)35-29(21-24-8-14-28(15-9-24)41-22-25-5-3-2-4-6-25)32(40)37-19-17-36(18-20-37)27-12-10-26(33)11-13-27/h2-6,8-15,23,29H,7,16-22H2,1H3,(H2,34,39)(H,35,38). The summed E-state index contributed by atoms with van der Waals surface area (Å²) >= 11 is 0. The molecule has 9 heteroatoms. The van der Waals surface area contributed by atoms with Crippen LogP contribution in [0.15, 0.2) is 78.9 Å². The number of rotatable bonds is 12. The number of primary amides is 1. The van der Waals surface area contributed by atoms with Crippen LogP contribution in [0.4, 0.5) is 10.1 Å². The van der Waals surface area contributed by atoms with Gasteiger partial charge in [0, 0.05) is 50.6 Å². The molecule has 1 fully saturated rings. The molecule has 1 saturated heterocycles. The molecule has 0 saturated carbocycles. The Bertz CT molecular complexity index is 1290. The number of hydrogen-bond acceptors (Lipinski definition) is 5. The van der Waals surface area contributed by atoms with Crippen LogP contribution in [0.5, 0.6) is 5.75 Å². The molecule has 0 spiro atoms. The molecule has 2 atom stereocenters. The first kappa shape index (κ1) is 29.6. The maximum Gasteiger partial charge on any atom is 0.245 e. The second-order valence-corrected chi connectivity index (χ2v) is 10.4. The van der Waals surface area contributed by atoms with Crippen molar-refractivity contribution in [1.82, 2.24) is 10.2 Å². The van der Waals surface area contributed by atoms with E-state index in [0.29, 0.717) is 51.4 Å². The molecule has 3 aromatic carbocycles. The van der Waals surface area contributed by atoms with Crippen LogP contribution in [0, 0.1) is 11.7 Å². The van der Waals surface area contributed by atoms with Gasteiger partial charge in [-0.25, -0.2) is 4.39 Å². The Hall–Kier alpha value is -4.40. The maximum absolute atomic E-state index is 13.6. The van der Waals surface area contributed by atoms with E-state index in [1.165, 1.54) is 12.1 Å². The fourth-order valence-corrected chi connectivity index (χ4v) is 4.71. The SMILES string of the molecule is CC(CCC(=O)NC(Cc1ccc(OCc2ccccc2)cc1)C(=O)N1CCN(c2ccc(F)cc2)CC1)C(N)=O. The van der Waals surface area contributed by atoms with Gasteiger partial charge in [-0.1, -0.05) is 49.4 Å². The van der Waals surface area contributed by atoms with E-state index in [1.54, 1.807) is 24.0 Å². The minimum Gasteiger partial charge on any atom is -0.489 e. The van der Waals surface area contributed by atoms with Crippen molar-refractivity contribution in [1.29, 1.82) is 0 Å². The molecule has 3 aromatic rings. The number of halogens is 1. The van der Waals surface area contributed by atoms with Crippen molar-refractivity contribution >= 4 is 23.4 Å². The first-order valence-corrected chi connectivity index (χ1v) is 13.9. The maximum atomic E-state index is 13.6. The van der Waals surface area contributed by atoms with Gasteiger partial charge in [-0.05, 0) is 53.9 Å². The number of piperazine rings is 1. The van der Waals surface area contributed by atoms with E-state index < -0.39 is 17.9 Å². The summed E-state index contributed by atoms with van der Waals surface area (Å²) in [6.07, 6.45) is 0.720. The van der Waals surface area contributed by atoms with Crippen molar-refractivity contribution in [2.75, 3.05) is 31.1 Å². The second-order valence-electron chi connectivity index (χ2n) is 10.4. The van der Waals surface area contributed by atoms with Gasteiger partial charge in [-0.15, -0.1) is 0 Å². The molecule has 3 amide bonds. The zero-order chi connectivity index (χ0) is 29.2. The molecule has 1 aliphatic rings. The Labute approximate surface area is 240 Å². The van der Waals surface area contributed by atoms with Crippen molar-refractivity contribution < 1.29 is 23.5 Å². The van der Waals surface area contributed by atoms with Gasteiger partial charge in [0.25, 0.3) is 0 Å². The van der Waals surface area contributed by atoms with Crippen molar-refractivity contribution in [2.24, 2.45) is 11.7 Å². The number of hydrogen-bond donors (Lipinski definition) is 2. The first-order valence-electron chi connectivity index (χ1n) is 13.9. The molecule has 2 unspecified atom stereocenters. The van der Waals surface area contributed by atoms with Gasteiger partial charge >= 0.3 is 0 Å². The van der Waals surface area contributed by atoms with Gasteiger partial charge in [0.15, 0.2) is 0 Å². The van der Waals surface area contributed by atoms with Crippen LogP contribution in [-0.2, 0) is 27.4 Å². The number of anilines is 1. The number of nitrogens with one attached hydrogen (secondary N) is 1. The molecule has 3 N–H and O–H groups in total. The van der Waals surface area contributed by atoms with Gasteiger partial charge < -0.3 is 25.6 Å². The second kappa shape index (κ2) is 14.3. The lowest BCUT2D eigenvalue weighted by molar-refractivity contribution is -0.137. The predicted octanol–water partition coefficient (Wildman–Crippen LogP) is 3.68. The Morgan fingerprint density at radius 2 is 1.56 bits per heavy atom. The third-order valence-electron chi connectivity index (χ3n) is 7.32. The van der Waals surface area contributed by atoms with Crippen LogP contribution in [-0.4, -0.2) is 54.8 Å². The predicted molar refractivity (Wildman–Crippen MR) is 156 cm³/mol. The topological polar surface area (TPSA) is 105 Å². The van der Waals surface area contributed by atoms with Gasteiger partial charge in [0.05, 0.1) is 0 Å². The van der Waals surface area contributed by atoms with Crippen LogP contribution < -0.4 is 20.7 Å². The number of nitrogens with zero attached hydrogens (tertiary/aromatic N) is 2. The highest BCUT2D eigenvalue weighted by molar-refractivity contribution is 5.88. The Morgan fingerprint density at radius 1 is 0.902 bits per heavy atom. The summed E-state index contributed by atoms with van der Waals surface area (Å²) in [7, 11) is 0. The average molecular weight is 561 g/mol. The van der Waals surface area contributed by atoms with Crippen LogP contribution in [0.25, 0.3) is 0 Å². The van der Waals surface area contributed by atoms with E-state index in [2.05, 4.69) is 10.2 Å². The summed E-state index contributed by atoms with van der Waals surface area (Å²) in [5.74, 6) is -0.936. The number of ether oxygens (including phenoxy) is 1. The van der Waals surface area contributed by atoms with Crippen molar-refractivity contribution in [3.63, 3.8) is 0 Å². The van der Waals surface area contributed by atoms with Gasteiger partial charge in [-0.2, -0.15) is 0 Å². The summed E-state index contributed by atoms with van der Waals surface area (Å²) in [6, 6.07) is 22.9. The minimum absolute atomic E-state index is 0.0957. The summed E-state index contributed by atoms with van der Waals surface area (Å²) in [6.45, 7) is 4.29. The van der Waals surface area contributed by atoms with E-state index in [-0.39, 0.29) is 24.1 Å². The number of amides is 3. The Kier molecular flexibility index (Phi) is 10.3. The first-order chi connectivity index (χ1) is 19.8. The molecule has 216 valence electrons. The molecule has 41 heavy (non-hydrogen) atoms. The van der Waals surface area contributed by atoms with E-state index in [1.807, 2.05) is 54.6 Å². The molecule has 0 radical (unpaired) electrons. The highest BCUT2D eigenvalue weighted by atomic mass is 19.1. The summed E-state index contributed by atoms with van der Waals surface area (Å²) < 4.78 is 19.2. The van der Waals surface area contributed by atoms with E-state index >= 15 is 0 Å².